The third kappa shape index (κ3) is 3.70. The van der Waals surface area contributed by atoms with Crippen LogP contribution in [0.4, 0.5) is 0 Å². The first-order valence-electron chi connectivity index (χ1n) is 4.09. The van der Waals surface area contributed by atoms with Crippen molar-refractivity contribution in [2.75, 3.05) is 40.6 Å². The molecule has 0 aromatic heterocycles. The molecule has 0 bridgehead atoms. The lowest BCUT2D eigenvalue weighted by molar-refractivity contribution is -0.127. The zero-order valence-electron chi connectivity index (χ0n) is 7.38. The topological polar surface area (TPSA) is 21.7 Å². The summed E-state index contributed by atoms with van der Waals surface area (Å²) in [6.45, 7) is 3.34. The van der Waals surface area contributed by atoms with Crippen molar-refractivity contribution in [3.63, 3.8) is 0 Å². The Morgan fingerprint density at radius 2 is 1.91 bits per heavy atom. The van der Waals surface area contributed by atoms with E-state index in [4.69, 9.17) is 9.47 Å². The Kier molecular flexibility index (Phi) is 3.83. The van der Waals surface area contributed by atoms with E-state index in [2.05, 4.69) is 19.0 Å². The molecule has 0 aromatic rings. The quantitative estimate of drug-likeness (QED) is 0.600. The monoisotopic (exact) mass is 159 g/mol. The first-order valence-corrected chi connectivity index (χ1v) is 4.09. The van der Waals surface area contributed by atoms with Gasteiger partial charge >= 0.3 is 0 Å². The molecule has 1 rings (SSSR count). The SMILES string of the molecule is CN(C)CCC1COCOC1. The number of rotatable bonds is 3. The maximum absolute atomic E-state index is 5.17. The second-order valence-corrected chi connectivity index (χ2v) is 3.32. The molecule has 0 saturated carbocycles. The minimum absolute atomic E-state index is 0.485. The highest BCUT2D eigenvalue weighted by Crippen LogP contribution is 2.09. The van der Waals surface area contributed by atoms with Crippen LogP contribution in [0.1, 0.15) is 6.42 Å². The Hall–Kier alpha value is -0.120. The molecule has 3 heteroatoms. The smallest absolute Gasteiger partial charge is 0.146 e. The molecule has 0 radical (unpaired) electrons. The Morgan fingerprint density at radius 3 is 2.45 bits per heavy atom. The Bertz CT molecular complexity index is 100. The van der Waals surface area contributed by atoms with Gasteiger partial charge in [0, 0.05) is 5.92 Å². The van der Waals surface area contributed by atoms with Gasteiger partial charge in [-0.3, -0.25) is 0 Å². The summed E-state index contributed by atoms with van der Waals surface area (Å²) >= 11 is 0. The summed E-state index contributed by atoms with van der Waals surface area (Å²) in [5, 5.41) is 0. The Labute approximate surface area is 68.3 Å². The van der Waals surface area contributed by atoms with Crippen LogP contribution in [0.25, 0.3) is 0 Å². The summed E-state index contributed by atoms with van der Waals surface area (Å²) < 4.78 is 10.3. The summed E-state index contributed by atoms with van der Waals surface area (Å²) in [5.41, 5.74) is 0. The van der Waals surface area contributed by atoms with Gasteiger partial charge < -0.3 is 14.4 Å². The van der Waals surface area contributed by atoms with Crippen molar-refractivity contribution in [3.05, 3.63) is 0 Å². The average molecular weight is 159 g/mol. The summed E-state index contributed by atoms with van der Waals surface area (Å²) in [6.07, 6.45) is 1.17. The normalized spacial score (nSPS) is 21.0. The molecule has 0 unspecified atom stereocenters. The fourth-order valence-corrected chi connectivity index (χ4v) is 1.14. The standard InChI is InChI=1S/C8H17NO2/c1-9(2)4-3-8-5-10-7-11-6-8/h8H,3-7H2,1-2H3. The molecule has 11 heavy (non-hydrogen) atoms. The molecule has 0 spiro atoms. The van der Waals surface area contributed by atoms with E-state index < -0.39 is 0 Å². The largest absolute Gasteiger partial charge is 0.355 e. The molecule has 1 fully saturated rings. The van der Waals surface area contributed by atoms with Crippen molar-refractivity contribution in [2.24, 2.45) is 5.92 Å². The van der Waals surface area contributed by atoms with Gasteiger partial charge in [-0.2, -0.15) is 0 Å². The molecule has 66 valence electrons. The molecule has 0 N–H and O–H groups in total. The minimum atomic E-state index is 0.485. The molecule has 1 saturated heterocycles. The molecular weight excluding hydrogens is 142 g/mol. The molecule has 0 aliphatic carbocycles. The summed E-state index contributed by atoms with van der Waals surface area (Å²) in [7, 11) is 4.18. The van der Waals surface area contributed by atoms with Gasteiger partial charge in [-0.1, -0.05) is 0 Å². The lowest BCUT2D eigenvalue weighted by Crippen LogP contribution is -2.27. The van der Waals surface area contributed by atoms with Crippen molar-refractivity contribution in [1.29, 1.82) is 0 Å². The lowest BCUT2D eigenvalue weighted by Gasteiger charge is -2.23. The molecule has 1 heterocycles. The highest BCUT2D eigenvalue weighted by atomic mass is 16.7. The van der Waals surface area contributed by atoms with Gasteiger partial charge in [-0.05, 0) is 27.1 Å². The molecule has 1 aliphatic rings. The van der Waals surface area contributed by atoms with Gasteiger partial charge in [0.15, 0.2) is 0 Å². The van der Waals surface area contributed by atoms with Gasteiger partial charge in [0.05, 0.1) is 13.2 Å². The highest BCUT2D eigenvalue weighted by Gasteiger charge is 2.13. The van der Waals surface area contributed by atoms with Crippen molar-refractivity contribution < 1.29 is 9.47 Å². The third-order valence-electron chi connectivity index (χ3n) is 1.86. The minimum Gasteiger partial charge on any atom is -0.355 e. The van der Waals surface area contributed by atoms with Crippen LogP contribution in [-0.2, 0) is 9.47 Å². The van der Waals surface area contributed by atoms with E-state index in [0.717, 1.165) is 19.8 Å². The van der Waals surface area contributed by atoms with Crippen molar-refractivity contribution >= 4 is 0 Å². The van der Waals surface area contributed by atoms with Crippen molar-refractivity contribution in [2.45, 2.75) is 6.42 Å². The van der Waals surface area contributed by atoms with Crippen LogP contribution in [0.15, 0.2) is 0 Å². The molecule has 0 aromatic carbocycles. The van der Waals surface area contributed by atoms with Gasteiger partial charge in [0.2, 0.25) is 0 Å². The van der Waals surface area contributed by atoms with E-state index in [1.807, 2.05) is 0 Å². The summed E-state index contributed by atoms with van der Waals surface area (Å²) in [5.74, 6) is 0.603. The number of hydrogen-bond acceptors (Lipinski definition) is 3. The fourth-order valence-electron chi connectivity index (χ4n) is 1.14. The van der Waals surface area contributed by atoms with E-state index in [0.29, 0.717) is 12.7 Å². The zero-order chi connectivity index (χ0) is 8.10. The Balaban J connectivity index is 2.05. The van der Waals surface area contributed by atoms with Crippen LogP contribution < -0.4 is 0 Å². The highest BCUT2D eigenvalue weighted by molar-refractivity contribution is 4.60. The maximum atomic E-state index is 5.17. The molecule has 3 nitrogen and oxygen atoms in total. The second-order valence-electron chi connectivity index (χ2n) is 3.32. The molecule has 0 amide bonds. The molecular formula is C8H17NO2. The maximum Gasteiger partial charge on any atom is 0.146 e. The fraction of sp³-hybridized carbons (Fsp3) is 1.00. The first kappa shape index (κ1) is 8.97. The van der Waals surface area contributed by atoms with E-state index >= 15 is 0 Å². The Morgan fingerprint density at radius 1 is 1.27 bits per heavy atom. The van der Waals surface area contributed by atoms with Crippen LogP contribution in [0, 0.1) is 5.92 Å². The molecule has 1 aliphatic heterocycles. The van der Waals surface area contributed by atoms with Gasteiger partial charge in [-0.15, -0.1) is 0 Å². The average Bonchev–Trinajstić information content (AvgIpc) is 2.03. The lowest BCUT2D eigenvalue weighted by atomic mass is 10.1. The summed E-state index contributed by atoms with van der Waals surface area (Å²) in [4.78, 5) is 2.19. The van der Waals surface area contributed by atoms with Crippen LogP contribution in [0.3, 0.4) is 0 Å². The van der Waals surface area contributed by atoms with E-state index in [9.17, 15) is 0 Å². The zero-order valence-corrected chi connectivity index (χ0v) is 7.38. The predicted octanol–water partition coefficient (Wildman–Crippen LogP) is 0.559. The number of hydrogen-bond donors (Lipinski definition) is 0. The van der Waals surface area contributed by atoms with E-state index in [1.165, 1.54) is 6.42 Å². The van der Waals surface area contributed by atoms with E-state index in [-0.39, 0.29) is 0 Å². The van der Waals surface area contributed by atoms with Crippen LogP contribution in [0.2, 0.25) is 0 Å². The van der Waals surface area contributed by atoms with Crippen LogP contribution >= 0.6 is 0 Å². The second kappa shape index (κ2) is 4.70. The van der Waals surface area contributed by atoms with Crippen LogP contribution in [0.5, 0.6) is 0 Å². The van der Waals surface area contributed by atoms with Crippen molar-refractivity contribution in [1.82, 2.24) is 4.90 Å². The van der Waals surface area contributed by atoms with Crippen molar-refractivity contribution in [3.8, 4) is 0 Å². The predicted molar refractivity (Wildman–Crippen MR) is 43.4 cm³/mol. The van der Waals surface area contributed by atoms with Gasteiger partial charge in [-0.25, -0.2) is 0 Å². The summed E-state index contributed by atoms with van der Waals surface area (Å²) in [6, 6.07) is 0. The number of nitrogens with zero attached hydrogens (tertiary/aromatic N) is 1. The van der Waals surface area contributed by atoms with Gasteiger partial charge in [0.1, 0.15) is 6.79 Å². The van der Waals surface area contributed by atoms with Gasteiger partial charge in [0.25, 0.3) is 0 Å². The van der Waals surface area contributed by atoms with E-state index in [1.54, 1.807) is 0 Å². The first-order chi connectivity index (χ1) is 5.29. The van der Waals surface area contributed by atoms with Crippen LogP contribution in [-0.4, -0.2) is 45.5 Å². The molecule has 0 atom stereocenters. The number of ether oxygens (including phenoxy) is 2. The third-order valence-corrected chi connectivity index (χ3v) is 1.86.